The third kappa shape index (κ3) is 4.17. The molecule has 42 valence electrons. The molecule has 0 aliphatic rings. The highest BCUT2D eigenvalue weighted by molar-refractivity contribution is 6.28. The summed E-state index contributed by atoms with van der Waals surface area (Å²) >= 11 is 10.9. The first-order chi connectivity index (χ1) is 3.31. The first kappa shape index (κ1) is 7.32. The standard InChI is InChI=1S/C5H8Cl2/c1-2-3-5(7)4-6/h2-3,5H,4H2,1H3/b3-2-. The monoisotopic (exact) mass is 138 g/mol. The Hall–Kier alpha value is 0.320. The van der Waals surface area contributed by atoms with Crippen LogP contribution in [-0.2, 0) is 0 Å². The molecule has 0 aromatic heterocycles. The second-order valence-electron chi connectivity index (χ2n) is 1.20. The largest absolute Gasteiger partial charge is 0.125 e. The molecule has 0 heterocycles. The van der Waals surface area contributed by atoms with Crippen LogP contribution in [0.15, 0.2) is 12.2 Å². The highest BCUT2D eigenvalue weighted by Gasteiger charge is 1.91. The van der Waals surface area contributed by atoms with Gasteiger partial charge in [0.2, 0.25) is 0 Å². The van der Waals surface area contributed by atoms with Crippen molar-refractivity contribution in [1.29, 1.82) is 0 Å². The molecule has 0 spiro atoms. The summed E-state index contributed by atoms with van der Waals surface area (Å²) in [7, 11) is 0. The molecule has 0 nitrogen and oxygen atoms in total. The fourth-order valence-corrected chi connectivity index (χ4v) is 0.509. The van der Waals surface area contributed by atoms with E-state index in [1.54, 1.807) is 0 Å². The van der Waals surface area contributed by atoms with Crippen molar-refractivity contribution >= 4 is 23.2 Å². The quantitative estimate of drug-likeness (QED) is 0.407. The Balaban J connectivity index is 3.16. The van der Waals surface area contributed by atoms with Crippen LogP contribution in [0.2, 0.25) is 0 Å². The van der Waals surface area contributed by atoms with Crippen molar-refractivity contribution in [2.45, 2.75) is 12.3 Å². The van der Waals surface area contributed by atoms with Gasteiger partial charge in [0.05, 0.1) is 5.38 Å². The van der Waals surface area contributed by atoms with Crippen LogP contribution >= 0.6 is 23.2 Å². The number of rotatable bonds is 2. The molecule has 0 N–H and O–H groups in total. The van der Waals surface area contributed by atoms with E-state index in [9.17, 15) is 0 Å². The molecule has 0 aromatic rings. The second-order valence-corrected chi connectivity index (χ2v) is 2.07. The first-order valence-corrected chi connectivity index (χ1v) is 3.11. The Kier molecular flexibility index (Phi) is 4.68. The smallest absolute Gasteiger partial charge is 0.0651 e. The maximum atomic E-state index is 5.55. The summed E-state index contributed by atoms with van der Waals surface area (Å²) in [4.78, 5) is 0. The maximum Gasteiger partial charge on any atom is 0.0651 e. The Morgan fingerprint density at radius 1 is 1.71 bits per heavy atom. The molecule has 0 saturated heterocycles. The van der Waals surface area contributed by atoms with E-state index in [4.69, 9.17) is 23.2 Å². The van der Waals surface area contributed by atoms with E-state index in [-0.39, 0.29) is 5.38 Å². The zero-order chi connectivity index (χ0) is 5.70. The first-order valence-electron chi connectivity index (χ1n) is 2.14. The summed E-state index contributed by atoms with van der Waals surface area (Å²) in [5.74, 6) is 0.492. The van der Waals surface area contributed by atoms with Crippen LogP contribution in [0.4, 0.5) is 0 Å². The molecule has 0 aromatic carbocycles. The normalized spacial score (nSPS) is 15.3. The summed E-state index contributed by atoms with van der Waals surface area (Å²) in [5, 5.41) is 0.00617. The molecule has 7 heavy (non-hydrogen) atoms. The highest BCUT2D eigenvalue weighted by Crippen LogP contribution is 1.98. The maximum absolute atomic E-state index is 5.55. The van der Waals surface area contributed by atoms with Crippen molar-refractivity contribution in [3.8, 4) is 0 Å². The molecule has 0 amide bonds. The van der Waals surface area contributed by atoms with Crippen molar-refractivity contribution in [1.82, 2.24) is 0 Å². The van der Waals surface area contributed by atoms with Crippen molar-refractivity contribution < 1.29 is 0 Å². The fourth-order valence-electron chi connectivity index (χ4n) is 0.260. The molecule has 1 atom stereocenters. The Labute approximate surface area is 54.1 Å². The van der Waals surface area contributed by atoms with Gasteiger partial charge in [-0.3, -0.25) is 0 Å². The minimum absolute atomic E-state index is 0.00617. The summed E-state index contributed by atoms with van der Waals surface area (Å²) in [6, 6.07) is 0. The van der Waals surface area contributed by atoms with Gasteiger partial charge >= 0.3 is 0 Å². The average molecular weight is 139 g/mol. The van der Waals surface area contributed by atoms with Crippen molar-refractivity contribution in [3.63, 3.8) is 0 Å². The van der Waals surface area contributed by atoms with Crippen molar-refractivity contribution in [2.24, 2.45) is 0 Å². The Morgan fingerprint density at radius 3 is 2.43 bits per heavy atom. The molecule has 0 fully saturated rings. The minimum atomic E-state index is 0.00617. The van der Waals surface area contributed by atoms with Crippen LogP contribution in [0, 0.1) is 0 Å². The molecule has 2 heteroatoms. The van der Waals surface area contributed by atoms with Crippen molar-refractivity contribution in [3.05, 3.63) is 12.2 Å². The summed E-state index contributed by atoms with van der Waals surface area (Å²) in [6.45, 7) is 1.92. The van der Waals surface area contributed by atoms with Gasteiger partial charge in [0.25, 0.3) is 0 Å². The molecule has 0 radical (unpaired) electrons. The minimum Gasteiger partial charge on any atom is -0.125 e. The van der Waals surface area contributed by atoms with Gasteiger partial charge in [0, 0.05) is 5.88 Å². The number of allylic oxidation sites excluding steroid dienone is 2. The van der Waals surface area contributed by atoms with Crippen LogP contribution in [0.1, 0.15) is 6.92 Å². The van der Waals surface area contributed by atoms with Gasteiger partial charge < -0.3 is 0 Å². The number of hydrogen-bond acceptors (Lipinski definition) is 0. The molecule has 0 rings (SSSR count). The molecule has 1 unspecified atom stereocenters. The summed E-state index contributed by atoms with van der Waals surface area (Å²) < 4.78 is 0. The van der Waals surface area contributed by atoms with Crippen molar-refractivity contribution in [2.75, 3.05) is 5.88 Å². The van der Waals surface area contributed by atoms with Gasteiger partial charge in [-0.2, -0.15) is 0 Å². The predicted molar refractivity (Wildman–Crippen MR) is 35.2 cm³/mol. The van der Waals surface area contributed by atoms with Crippen LogP contribution < -0.4 is 0 Å². The van der Waals surface area contributed by atoms with Crippen LogP contribution in [0.25, 0.3) is 0 Å². The number of hydrogen-bond donors (Lipinski definition) is 0. The van der Waals surface area contributed by atoms with Crippen LogP contribution in [-0.4, -0.2) is 11.3 Å². The van der Waals surface area contributed by atoms with E-state index >= 15 is 0 Å². The van der Waals surface area contributed by atoms with Gasteiger partial charge in [0.1, 0.15) is 0 Å². The highest BCUT2D eigenvalue weighted by atomic mass is 35.5. The molecule has 0 bridgehead atoms. The van der Waals surface area contributed by atoms with Gasteiger partial charge in [0.15, 0.2) is 0 Å². The van der Waals surface area contributed by atoms with E-state index in [0.29, 0.717) is 5.88 Å². The summed E-state index contributed by atoms with van der Waals surface area (Å²) in [6.07, 6.45) is 3.74. The van der Waals surface area contributed by atoms with E-state index < -0.39 is 0 Å². The summed E-state index contributed by atoms with van der Waals surface area (Å²) in [5.41, 5.74) is 0. The van der Waals surface area contributed by atoms with E-state index in [0.717, 1.165) is 0 Å². The SMILES string of the molecule is C/C=C\C(Cl)CCl. The third-order valence-corrected chi connectivity index (χ3v) is 1.34. The average Bonchev–Trinajstić information content (AvgIpc) is 1.68. The van der Waals surface area contributed by atoms with Crippen LogP contribution in [0.5, 0.6) is 0 Å². The molecule has 0 saturated carbocycles. The van der Waals surface area contributed by atoms with E-state index in [1.807, 2.05) is 19.1 Å². The third-order valence-electron chi connectivity index (χ3n) is 0.549. The Morgan fingerprint density at radius 2 is 2.29 bits per heavy atom. The van der Waals surface area contributed by atoms with E-state index in [2.05, 4.69) is 0 Å². The van der Waals surface area contributed by atoms with Gasteiger partial charge in [-0.05, 0) is 6.92 Å². The predicted octanol–water partition coefficient (Wildman–Crippen LogP) is 2.41. The van der Waals surface area contributed by atoms with Gasteiger partial charge in [-0.1, -0.05) is 12.2 Å². The van der Waals surface area contributed by atoms with E-state index in [1.165, 1.54) is 0 Å². The lowest BCUT2D eigenvalue weighted by Gasteiger charge is -1.91. The topological polar surface area (TPSA) is 0 Å². The van der Waals surface area contributed by atoms with Crippen LogP contribution in [0.3, 0.4) is 0 Å². The Bertz CT molecular complexity index is 59.1. The zero-order valence-corrected chi connectivity index (χ0v) is 5.71. The second kappa shape index (κ2) is 4.48. The molecular weight excluding hydrogens is 131 g/mol. The molecule has 0 aliphatic heterocycles. The fraction of sp³-hybridized carbons (Fsp3) is 0.600. The zero-order valence-electron chi connectivity index (χ0n) is 4.20. The molecule has 0 aliphatic carbocycles. The lowest BCUT2D eigenvalue weighted by molar-refractivity contribution is 1.23. The van der Waals surface area contributed by atoms with Gasteiger partial charge in [-0.15, -0.1) is 23.2 Å². The molecular formula is C5H8Cl2. The number of alkyl halides is 2. The lowest BCUT2D eigenvalue weighted by Crippen LogP contribution is -1.91. The van der Waals surface area contributed by atoms with Gasteiger partial charge in [-0.25, -0.2) is 0 Å². The lowest BCUT2D eigenvalue weighted by atomic mass is 10.4. The number of halogens is 2.